The second kappa shape index (κ2) is 6.02. The van der Waals surface area contributed by atoms with Crippen molar-refractivity contribution < 1.29 is 4.74 Å². The van der Waals surface area contributed by atoms with E-state index in [1.807, 2.05) is 0 Å². The third-order valence-electron chi connectivity index (χ3n) is 4.49. The number of hydrogen-bond acceptors (Lipinski definition) is 2. The third-order valence-corrected chi connectivity index (χ3v) is 4.49. The van der Waals surface area contributed by atoms with E-state index in [1.165, 1.54) is 45.2 Å². The van der Waals surface area contributed by atoms with Gasteiger partial charge >= 0.3 is 0 Å². The van der Waals surface area contributed by atoms with E-state index in [2.05, 4.69) is 18.7 Å². The van der Waals surface area contributed by atoms with Crippen LogP contribution in [-0.2, 0) is 4.74 Å². The van der Waals surface area contributed by atoms with E-state index in [0.717, 1.165) is 31.1 Å². The molecule has 1 saturated heterocycles. The van der Waals surface area contributed by atoms with Gasteiger partial charge in [-0.2, -0.15) is 0 Å². The van der Waals surface area contributed by atoms with Crippen molar-refractivity contribution in [2.75, 3.05) is 26.3 Å². The van der Waals surface area contributed by atoms with Crippen LogP contribution < -0.4 is 0 Å². The Morgan fingerprint density at radius 2 is 1.88 bits per heavy atom. The van der Waals surface area contributed by atoms with E-state index in [9.17, 15) is 0 Å². The van der Waals surface area contributed by atoms with Crippen LogP contribution in [-0.4, -0.2) is 37.2 Å². The molecule has 94 valence electrons. The number of hydrogen-bond donors (Lipinski definition) is 0. The molecular formula is C14H27NO. The van der Waals surface area contributed by atoms with Crippen LogP contribution in [0.5, 0.6) is 0 Å². The lowest BCUT2D eigenvalue weighted by molar-refractivity contribution is 0.0549. The fourth-order valence-corrected chi connectivity index (χ4v) is 3.40. The zero-order valence-corrected chi connectivity index (χ0v) is 11.0. The molecule has 0 spiro atoms. The van der Waals surface area contributed by atoms with Gasteiger partial charge in [-0.3, -0.25) is 0 Å². The molecule has 2 atom stereocenters. The molecule has 0 aromatic heterocycles. The van der Waals surface area contributed by atoms with Crippen LogP contribution in [0, 0.1) is 11.8 Å². The molecular weight excluding hydrogens is 198 g/mol. The first-order valence-corrected chi connectivity index (χ1v) is 7.13. The molecule has 2 aliphatic rings. The van der Waals surface area contributed by atoms with E-state index in [4.69, 9.17) is 4.74 Å². The summed E-state index contributed by atoms with van der Waals surface area (Å²) in [6.07, 6.45) is 7.04. The number of rotatable bonds is 4. The predicted molar refractivity (Wildman–Crippen MR) is 67.6 cm³/mol. The van der Waals surface area contributed by atoms with Gasteiger partial charge < -0.3 is 9.64 Å². The Morgan fingerprint density at radius 3 is 2.44 bits per heavy atom. The van der Waals surface area contributed by atoms with E-state index in [0.29, 0.717) is 0 Å². The van der Waals surface area contributed by atoms with Crippen molar-refractivity contribution in [2.45, 2.75) is 52.0 Å². The molecule has 1 heterocycles. The summed E-state index contributed by atoms with van der Waals surface area (Å²) >= 11 is 0. The summed E-state index contributed by atoms with van der Waals surface area (Å²) in [6, 6.07) is 0.896. The molecule has 0 aromatic carbocycles. The molecule has 0 aromatic rings. The second-order valence-electron chi connectivity index (χ2n) is 5.61. The van der Waals surface area contributed by atoms with Gasteiger partial charge in [0.05, 0.1) is 0 Å². The highest BCUT2D eigenvalue weighted by Gasteiger charge is 2.31. The number of nitrogens with zero attached hydrogens (tertiary/aromatic N) is 1. The van der Waals surface area contributed by atoms with Gasteiger partial charge in [-0.05, 0) is 57.5 Å². The average Bonchev–Trinajstić information content (AvgIpc) is 2.74. The first kappa shape index (κ1) is 12.4. The first-order chi connectivity index (χ1) is 7.81. The minimum absolute atomic E-state index is 0.827. The molecule has 0 unspecified atom stereocenters. The van der Waals surface area contributed by atoms with Gasteiger partial charge in [-0.15, -0.1) is 0 Å². The van der Waals surface area contributed by atoms with Crippen molar-refractivity contribution in [2.24, 2.45) is 11.8 Å². The van der Waals surface area contributed by atoms with Crippen molar-refractivity contribution in [3.63, 3.8) is 0 Å². The predicted octanol–water partition coefficient (Wildman–Crippen LogP) is 2.92. The minimum atomic E-state index is 0.827. The number of ether oxygens (including phenoxy) is 1. The maximum absolute atomic E-state index is 5.54. The Kier molecular flexibility index (Phi) is 4.66. The van der Waals surface area contributed by atoms with Crippen molar-refractivity contribution in [1.82, 2.24) is 4.90 Å². The second-order valence-corrected chi connectivity index (χ2v) is 5.61. The smallest absolute Gasteiger partial charge is 0.0495 e. The van der Waals surface area contributed by atoms with Gasteiger partial charge in [0.1, 0.15) is 0 Å². The lowest BCUT2D eigenvalue weighted by Gasteiger charge is -2.37. The zero-order chi connectivity index (χ0) is 11.4. The minimum Gasteiger partial charge on any atom is -0.381 e. The van der Waals surface area contributed by atoms with Gasteiger partial charge in [0, 0.05) is 19.3 Å². The number of piperidine rings is 1. The molecule has 0 amide bonds. The van der Waals surface area contributed by atoms with Crippen molar-refractivity contribution >= 4 is 0 Å². The standard InChI is InChI=1S/C14H27NO/c1-3-16-11-13-7-9-15(10-8-13)14-6-4-5-12(14)2/h12-14H,3-11H2,1-2H3/t12-,14-/m0/s1. The van der Waals surface area contributed by atoms with Crippen LogP contribution in [0.1, 0.15) is 46.0 Å². The van der Waals surface area contributed by atoms with E-state index >= 15 is 0 Å². The summed E-state index contributed by atoms with van der Waals surface area (Å²) in [5, 5.41) is 0. The molecule has 1 aliphatic heterocycles. The topological polar surface area (TPSA) is 12.5 Å². The molecule has 2 heteroatoms. The highest BCUT2D eigenvalue weighted by atomic mass is 16.5. The first-order valence-electron chi connectivity index (χ1n) is 7.13. The SMILES string of the molecule is CCOCC1CCN([C@H]2CCC[C@@H]2C)CC1. The van der Waals surface area contributed by atoms with Crippen molar-refractivity contribution in [1.29, 1.82) is 0 Å². The van der Waals surface area contributed by atoms with Gasteiger partial charge in [0.25, 0.3) is 0 Å². The van der Waals surface area contributed by atoms with Crippen LogP contribution in [0.2, 0.25) is 0 Å². The summed E-state index contributed by atoms with van der Waals surface area (Å²) in [7, 11) is 0. The molecule has 2 rings (SSSR count). The Bertz CT molecular complexity index is 199. The number of likely N-dealkylation sites (tertiary alicyclic amines) is 1. The van der Waals surface area contributed by atoms with E-state index in [-0.39, 0.29) is 0 Å². The maximum Gasteiger partial charge on any atom is 0.0495 e. The summed E-state index contributed by atoms with van der Waals surface area (Å²) in [5.41, 5.74) is 0. The molecule has 16 heavy (non-hydrogen) atoms. The fraction of sp³-hybridized carbons (Fsp3) is 1.00. The Balaban J connectivity index is 1.72. The summed E-state index contributed by atoms with van der Waals surface area (Å²) in [5.74, 6) is 1.76. The summed E-state index contributed by atoms with van der Waals surface area (Å²) < 4.78 is 5.54. The van der Waals surface area contributed by atoms with E-state index in [1.54, 1.807) is 0 Å². The molecule has 2 fully saturated rings. The Morgan fingerprint density at radius 1 is 1.12 bits per heavy atom. The van der Waals surface area contributed by atoms with Crippen molar-refractivity contribution in [3.8, 4) is 0 Å². The highest BCUT2D eigenvalue weighted by molar-refractivity contribution is 4.85. The van der Waals surface area contributed by atoms with Crippen LogP contribution in [0.4, 0.5) is 0 Å². The normalized spacial score (nSPS) is 33.4. The van der Waals surface area contributed by atoms with E-state index < -0.39 is 0 Å². The molecule has 0 bridgehead atoms. The van der Waals surface area contributed by atoms with Crippen molar-refractivity contribution in [3.05, 3.63) is 0 Å². The van der Waals surface area contributed by atoms with Crippen LogP contribution in [0.3, 0.4) is 0 Å². The van der Waals surface area contributed by atoms with Gasteiger partial charge in [0.2, 0.25) is 0 Å². The lowest BCUT2D eigenvalue weighted by Crippen LogP contribution is -2.43. The fourth-order valence-electron chi connectivity index (χ4n) is 3.40. The zero-order valence-electron chi connectivity index (χ0n) is 11.0. The summed E-state index contributed by atoms with van der Waals surface area (Å²) in [6.45, 7) is 9.02. The molecule has 0 N–H and O–H groups in total. The van der Waals surface area contributed by atoms with Gasteiger partial charge in [-0.25, -0.2) is 0 Å². The van der Waals surface area contributed by atoms with Crippen LogP contribution in [0.25, 0.3) is 0 Å². The Hall–Kier alpha value is -0.0800. The largest absolute Gasteiger partial charge is 0.381 e. The Labute approximate surface area is 100 Å². The summed E-state index contributed by atoms with van der Waals surface area (Å²) in [4.78, 5) is 2.75. The average molecular weight is 225 g/mol. The monoisotopic (exact) mass is 225 g/mol. The maximum atomic E-state index is 5.54. The quantitative estimate of drug-likeness (QED) is 0.729. The molecule has 2 nitrogen and oxygen atoms in total. The molecule has 1 saturated carbocycles. The van der Waals surface area contributed by atoms with Gasteiger partial charge in [-0.1, -0.05) is 13.3 Å². The molecule has 1 aliphatic carbocycles. The highest BCUT2D eigenvalue weighted by Crippen LogP contribution is 2.32. The lowest BCUT2D eigenvalue weighted by atomic mass is 9.94. The third kappa shape index (κ3) is 2.98. The molecule has 0 radical (unpaired) electrons. The van der Waals surface area contributed by atoms with Crippen LogP contribution in [0.15, 0.2) is 0 Å². The van der Waals surface area contributed by atoms with Crippen LogP contribution >= 0.6 is 0 Å². The van der Waals surface area contributed by atoms with Gasteiger partial charge in [0.15, 0.2) is 0 Å².